The van der Waals surface area contributed by atoms with Crippen molar-refractivity contribution in [2.45, 2.75) is 64.5 Å². The fourth-order valence-corrected chi connectivity index (χ4v) is 3.17. The zero-order chi connectivity index (χ0) is 14.6. The normalized spacial score (nSPS) is 17.1. The first-order valence-corrected chi connectivity index (χ1v) is 8.04. The van der Waals surface area contributed by atoms with Gasteiger partial charge in [-0.05, 0) is 29.4 Å². The summed E-state index contributed by atoms with van der Waals surface area (Å²) in [4.78, 5) is 2.58. The molecule has 0 atom stereocenters. The van der Waals surface area contributed by atoms with Crippen LogP contribution in [0.2, 0.25) is 0 Å². The number of nitrogens with zero attached hydrogens (tertiary/aromatic N) is 1. The molecule has 0 spiro atoms. The molecule has 1 aromatic rings. The van der Waals surface area contributed by atoms with Gasteiger partial charge in [-0.15, -0.1) is 0 Å². The van der Waals surface area contributed by atoms with Gasteiger partial charge in [0.15, 0.2) is 0 Å². The van der Waals surface area contributed by atoms with Crippen molar-refractivity contribution in [2.75, 3.05) is 13.1 Å². The summed E-state index contributed by atoms with van der Waals surface area (Å²) in [6.45, 7) is 9.62. The predicted octanol–water partition coefficient (Wildman–Crippen LogP) is 3.69. The van der Waals surface area contributed by atoms with Crippen LogP contribution in [0.5, 0.6) is 0 Å². The van der Waals surface area contributed by atoms with Crippen LogP contribution in [0.1, 0.15) is 57.6 Å². The zero-order valence-corrected chi connectivity index (χ0v) is 13.4. The van der Waals surface area contributed by atoms with Gasteiger partial charge in [0.25, 0.3) is 0 Å². The van der Waals surface area contributed by atoms with Gasteiger partial charge in [0.05, 0.1) is 0 Å². The van der Waals surface area contributed by atoms with Gasteiger partial charge < -0.3 is 5.73 Å². The van der Waals surface area contributed by atoms with E-state index < -0.39 is 0 Å². The van der Waals surface area contributed by atoms with Crippen molar-refractivity contribution >= 4 is 0 Å². The third-order valence-electron chi connectivity index (χ3n) is 4.46. The molecular weight excluding hydrogens is 244 g/mol. The van der Waals surface area contributed by atoms with E-state index in [-0.39, 0.29) is 5.41 Å². The van der Waals surface area contributed by atoms with Crippen LogP contribution in [-0.2, 0) is 12.0 Å². The summed E-state index contributed by atoms with van der Waals surface area (Å²) < 4.78 is 0. The third-order valence-corrected chi connectivity index (χ3v) is 4.46. The highest BCUT2D eigenvalue weighted by molar-refractivity contribution is 5.27. The van der Waals surface area contributed by atoms with Crippen LogP contribution in [0.4, 0.5) is 0 Å². The smallest absolute Gasteiger partial charge is 0.0237 e. The van der Waals surface area contributed by atoms with E-state index in [1.54, 1.807) is 0 Å². The third kappa shape index (κ3) is 4.07. The van der Waals surface area contributed by atoms with E-state index in [4.69, 9.17) is 5.73 Å². The summed E-state index contributed by atoms with van der Waals surface area (Å²) >= 11 is 0. The van der Waals surface area contributed by atoms with Crippen molar-refractivity contribution < 1.29 is 0 Å². The molecule has 0 bridgehead atoms. The lowest BCUT2D eigenvalue weighted by molar-refractivity contribution is 0.195. The maximum atomic E-state index is 5.79. The monoisotopic (exact) mass is 274 g/mol. The van der Waals surface area contributed by atoms with Crippen LogP contribution in [0.3, 0.4) is 0 Å². The molecule has 1 fully saturated rings. The molecule has 0 aliphatic heterocycles. The second-order valence-corrected chi connectivity index (χ2v) is 7.14. The Morgan fingerprint density at radius 2 is 1.70 bits per heavy atom. The molecule has 1 saturated carbocycles. The highest BCUT2D eigenvalue weighted by Gasteiger charge is 2.22. The second kappa shape index (κ2) is 6.73. The van der Waals surface area contributed by atoms with E-state index in [0.29, 0.717) is 0 Å². The Kier molecular flexibility index (Phi) is 5.22. The molecule has 0 saturated heterocycles. The van der Waals surface area contributed by atoms with Gasteiger partial charge in [-0.25, -0.2) is 0 Å². The molecule has 0 radical (unpaired) electrons. The minimum Gasteiger partial charge on any atom is -0.329 e. The topological polar surface area (TPSA) is 29.3 Å². The van der Waals surface area contributed by atoms with Crippen LogP contribution in [0, 0.1) is 0 Å². The Morgan fingerprint density at radius 3 is 2.20 bits per heavy atom. The first-order chi connectivity index (χ1) is 9.50. The molecule has 1 aliphatic rings. The van der Waals surface area contributed by atoms with Gasteiger partial charge in [0, 0.05) is 25.7 Å². The molecule has 1 aliphatic carbocycles. The van der Waals surface area contributed by atoms with E-state index in [2.05, 4.69) is 49.9 Å². The molecule has 0 amide bonds. The molecule has 2 rings (SSSR count). The van der Waals surface area contributed by atoms with Crippen molar-refractivity contribution in [3.63, 3.8) is 0 Å². The molecule has 20 heavy (non-hydrogen) atoms. The van der Waals surface area contributed by atoms with E-state index in [1.807, 2.05) is 0 Å². The minimum atomic E-state index is 0.237. The lowest BCUT2D eigenvalue weighted by Gasteiger charge is -2.28. The Morgan fingerprint density at radius 1 is 1.10 bits per heavy atom. The van der Waals surface area contributed by atoms with Crippen LogP contribution in [-0.4, -0.2) is 24.0 Å². The molecule has 2 N–H and O–H groups in total. The molecule has 0 aromatic heterocycles. The Bertz CT molecular complexity index is 396. The minimum absolute atomic E-state index is 0.237. The quantitative estimate of drug-likeness (QED) is 0.887. The summed E-state index contributed by atoms with van der Waals surface area (Å²) in [5.41, 5.74) is 8.85. The van der Waals surface area contributed by atoms with E-state index in [9.17, 15) is 0 Å². The summed E-state index contributed by atoms with van der Waals surface area (Å²) in [6, 6.07) is 9.90. The molecule has 1 aromatic carbocycles. The van der Waals surface area contributed by atoms with Crippen LogP contribution >= 0.6 is 0 Å². The molecule has 2 nitrogen and oxygen atoms in total. The highest BCUT2D eigenvalue weighted by Crippen LogP contribution is 2.26. The number of hydrogen-bond acceptors (Lipinski definition) is 2. The van der Waals surface area contributed by atoms with Gasteiger partial charge in [-0.1, -0.05) is 57.9 Å². The summed E-state index contributed by atoms with van der Waals surface area (Å²) in [7, 11) is 0. The van der Waals surface area contributed by atoms with Crippen molar-refractivity contribution in [1.29, 1.82) is 0 Å². The molecule has 0 heterocycles. The molecule has 2 heteroatoms. The number of nitrogens with two attached hydrogens (primary N) is 1. The Labute approximate surface area is 124 Å². The van der Waals surface area contributed by atoms with Crippen molar-refractivity contribution in [1.82, 2.24) is 4.90 Å². The second-order valence-electron chi connectivity index (χ2n) is 7.14. The fraction of sp³-hybridized carbons (Fsp3) is 0.667. The van der Waals surface area contributed by atoms with Crippen LogP contribution < -0.4 is 5.73 Å². The Balaban J connectivity index is 2.02. The number of rotatable bonds is 5. The fourth-order valence-electron chi connectivity index (χ4n) is 3.17. The largest absolute Gasteiger partial charge is 0.329 e. The lowest BCUT2D eigenvalue weighted by atomic mass is 9.86. The first-order valence-electron chi connectivity index (χ1n) is 8.04. The summed E-state index contributed by atoms with van der Waals surface area (Å²) in [5, 5.41) is 0. The Hall–Kier alpha value is -0.860. The van der Waals surface area contributed by atoms with Gasteiger partial charge in [-0.2, -0.15) is 0 Å². The first kappa shape index (κ1) is 15.5. The van der Waals surface area contributed by atoms with E-state index >= 15 is 0 Å². The molecular formula is C18H30N2. The van der Waals surface area contributed by atoms with Gasteiger partial charge >= 0.3 is 0 Å². The lowest BCUT2D eigenvalue weighted by Crippen LogP contribution is -2.36. The maximum Gasteiger partial charge on any atom is 0.0237 e. The van der Waals surface area contributed by atoms with Crippen LogP contribution in [0.25, 0.3) is 0 Å². The molecule has 112 valence electrons. The summed E-state index contributed by atoms with van der Waals surface area (Å²) in [6.07, 6.45) is 5.46. The maximum absolute atomic E-state index is 5.79. The number of hydrogen-bond donors (Lipinski definition) is 1. The summed E-state index contributed by atoms with van der Waals surface area (Å²) in [5.74, 6) is 0. The van der Waals surface area contributed by atoms with Crippen molar-refractivity contribution in [3.8, 4) is 0 Å². The average Bonchev–Trinajstić information content (AvgIpc) is 2.91. The molecule has 0 unspecified atom stereocenters. The van der Waals surface area contributed by atoms with Gasteiger partial charge in [0.2, 0.25) is 0 Å². The van der Waals surface area contributed by atoms with Gasteiger partial charge in [0.1, 0.15) is 0 Å². The predicted molar refractivity (Wildman–Crippen MR) is 86.9 cm³/mol. The van der Waals surface area contributed by atoms with Gasteiger partial charge in [-0.3, -0.25) is 4.90 Å². The standard InChI is InChI=1S/C18H30N2/c1-18(2,3)16-10-8-15(9-11-16)14-20(13-12-19)17-6-4-5-7-17/h8-11,17H,4-7,12-14,19H2,1-3H3. The van der Waals surface area contributed by atoms with E-state index in [0.717, 1.165) is 25.7 Å². The average molecular weight is 274 g/mol. The number of benzene rings is 1. The van der Waals surface area contributed by atoms with E-state index in [1.165, 1.54) is 36.8 Å². The zero-order valence-electron chi connectivity index (χ0n) is 13.4. The SMILES string of the molecule is CC(C)(C)c1ccc(CN(CCN)C2CCCC2)cc1. The highest BCUT2D eigenvalue weighted by atomic mass is 15.2. The van der Waals surface area contributed by atoms with Crippen molar-refractivity contribution in [2.24, 2.45) is 5.73 Å². The van der Waals surface area contributed by atoms with Crippen molar-refractivity contribution in [3.05, 3.63) is 35.4 Å². The van der Waals surface area contributed by atoms with Crippen LogP contribution in [0.15, 0.2) is 24.3 Å².